The topological polar surface area (TPSA) is 93.2 Å². The van der Waals surface area contributed by atoms with Gasteiger partial charge >= 0.3 is 0 Å². The maximum absolute atomic E-state index is 12.6. The first-order chi connectivity index (χ1) is 12.0. The van der Waals surface area contributed by atoms with E-state index in [0.29, 0.717) is 23.1 Å². The summed E-state index contributed by atoms with van der Waals surface area (Å²) in [6.45, 7) is 1.71. The van der Waals surface area contributed by atoms with Crippen molar-refractivity contribution in [3.63, 3.8) is 0 Å². The summed E-state index contributed by atoms with van der Waals surface area (Å²) >= 11 is 0. The minimum Gasteiger partial charge on any atom is -0.398 e. The summed E-state index contributed by atoms with van der Waals surface area (Å²) < 4.78 is 1.55. The van der Waals surface area contributed by atoms with E-state index in [1.54, 1.807) is 23.6 Å². The van der Waals surface area contributed by atoms with Crippen LogP contribution < -0.4 is 16.6 Å². The molecule has 1 unspecified atom stereocenters. The highest BCUT2D eigenvalue weighted by atomic mass is 16.3. The van der Waals surface area contributed by atoms with Crippen LogP contribution in [-0.2, 0) is 0 Å². The predicted molar refractivity (Wildman–Crippen MR) is 99.0 cm³/mol. The minimum atomic E-state index is -0.554. The fourth-order valence-corrected chi connectivity index (χ4v) is 2.89. The van der Waals surface area contributed by atoms with Gasteiger partial charge in [0.15, 0.2) is 5.65 Å². The summed E-state index contributed by atoms with van der Waals surface area (Å²) in [6.07, 6.45) is 1.73. The van der Waals surface area contributed by atoms with Crippen molar-refractivity contribution < 1.29 is 5.11 Å². The molecule has 25 heavy (non-hydrogen) atoms. The van der Waals surface area contributed by atoms with Crippen LogP contribution in [0.2, 0.25) is 0 Å². The average Bonchev–Trinajstić information content (AvgIpc) is 3.39. The average molecular weight is 336 g/mol. The lowest BCUT2D eigenvalue weighted by molar-refractivity contribution is 0.199. The van der Waals surface area contributed by atoms with Gasteiger partial charge in [-0.25, -0.2) is 4.98 Å². The smallest absolute Gasteiger partial charge is 0.258 e. The van der Waals surface area contributed by atoms with Gasteiger partial charge in [-0.2, -0.15) is 0 Å². The normalized spacial score (nSPS) is 15.3. The summed E-state index contributed by atoms with van der Waals surface area (Å²) in [5, 5.41) is 13.8. The second-order valence-electron chi connectivity index (χ2n) is 6.53. The maximum atomic E-state index is 12.6. The quantitative estimate of drug-likeness (QED) is 0.681. The van der Waals surface area contributed by atoms with Crippen molar-refractivity contribution in [2.45, 2.75) is 31.9 Å². The fraction of sp³-hybridized carbons (Fsp3) is 0.263. The van der Waals surface area contributed by atoms with Crippen LogP contribution in [-0.4, -0.2) is 20.7 Å². The molecular formula is C19H20N4O2. The number of pyridine rings is 2. The third kappa shape index (κ3) is 2.96. The molecular weight excluding hydrogens is 316 g/mol. The van der Waals surface area contributed by atoms with Gasteiger partial charge in [0.2, 0.25) is 0 Å². The molecule has 0 radical (unpaired) electrons. The Morgan fingerprint density at radius 3 is 2.60 bits per heavy atom. The van der Waals surface area contributed by atoms with Crippen molar-refractivity contribution in [1.29, 1.82) is 0 Å². The number of nitrogens with two attached hydrogens (primary N) is 1. The Hall–Kier alpha value is -2.86. The van der Waals surface area contributed by atoms with Crippen LogP contribution in [0.4, 0.5) is 11.5 Å². The summed E-state index contributed by atoms with van der Waals surface area (Å²) in [5.74, 6) is 0.745. The largest absolute Gasteiger partial charge is 0.398 e. The molecule has 1 fully saturated rings. The van der Waals surface area contributed by atoms with Crippen LogP contribution in [0.1, 0.15) is 31.4 Å². The summed E-state index contributed by atoms with van der Waals surface area (Å²) in [4.78, 5) is 17.2. The molecule has 128 valence electrons. The SMILES string of the molecule is CC(O)c1ccc(-n2c(=O)cc(N)c3ccc(NC4CC4)nc32)cc1. The summed E-state index contributed by atoms with van der Waals surface area (Å²) in [7, 11) is 0. The first-order valence-electron chi connectivity index (χ1n) is 8.40. The van der Waals surface area contributed by atoms with E-state index in [4.69, 9.17) is 5.73 Å². The molecule has 1 saturated carbocycles. The van der Waals surface area contributed by atoms with Gasteiger partial charge in [-0.05, 0) is 49.6 Å². The van der Waals surface area contributed by atoms with E-state index in [9.17, 15) is 9.90 Å². The van der Waals surface area contributed by atoms with Crippen molar-refractivity contribution in [2.24, 2.45) is 0 Å². The second-order valence-corrected chi connectivity index (χ2v) is 6.53. The second kappa shape index (κ2) is 5.89. The molecule has 4 rings (SSSR count). The number of hydrogen-bond acceptors (Lipinski definition) is 5. The van der Waals surface area contributed by atoms with Gasteiger partial charge < -0.3 is 16.2 Å². The Labute approximate surface area is 144 Å². The van der Waals surface area contributed by atoms with Gasteiger partial charge in [0, 0.05) is 23.2 Å². The standard InChI is InChI=1S/C19H20N4O2/c1-11(24)12-2-6-14(7-3-12)23-18(25)10-16(20)15-8-9-17(22-19(15)23)21-13-4-5-13/h2-3,6-11,13,24H,4-5,20H2,1H3,(H,21,22). The van der Waals surface area contributed by atoms with E-state index in [0.717, 1.165) is 29.6 Å². The van der Waals surface area contributed by atoms with E-state index in [2.05, 4.69) is 10.3 Å². The maximum Gasteiger partial charge on any atom is 0.258 e. The molecule has 2 heterocycles. The monoisotopic (exact) mass is 336 g/mol. The first kappa shape index (κ1) is 15.7. The molecule has 6 heteroatoms. The zero-order valence-corrected chi connectivity index (χ0v) is 13.9. The third-order valence-electron chi connectivity index (χ3n) is 4.46. The number of nitrogens with one attached hydrogen (secondary N) is 1. The highest BCUT2D eigenvalue weighted by molar-refractivity contribution is 5.89. The lowest BCUT2D eigenvalue weighted by Gasteiger charge is -2.14. The number of rotatable bonds is 4. The number of aliphatic hydroxyl groups excluding tert-OH is 1. The van der Waals surface area contributed by atoms with E-state index in [-0.39, 0.29) is 5.56 Å². The van der Waals surface area contributed by atoms with Crippen LogP contribution in [0.25, 0.3) is 16.7 Å². The molecule has 0 spiro atoms. The van der Waals surface area contributed by atoms with Gasteiger partial charge in [0.25, 0.3) is 5.56 Å². The molecule has 0 aliphatic heterocycles. The van der Waals surface area contributed by atoms with Crippen LogP contribution in [0.5, 0.6) is 0 Å². The first-order valence-corrected chi connectivity index (χ1v) is 8.40. The van der Waals surface area contributed by atoms with E-state index in [1.807, 2.05) is 24.3 Å². The van der Waals surface area contributed by atoms with E-state index >= 15 is 0 Å². The van der Waals surface area contributed by atoms with E-state index < -0.39 is 6.10 Å². The number of aromatic nitrogens is 2. The Bertz CT molecular complexity index is 989. The summed E-state index contributed by atoms with van der Waals surface area (Å²) in [5.41, 5.74) is 8.22. The Kier molecular flexibility index (Phi) is 3.69. The number of fused-ring (bicyclic) bond motifs is 1. The van der Waals surface area contributed by atoms with Crippen LogP contribution in [0.15, 0.2) is 47.3 Å². The van der Waals surface area contributed by atoms with Crippen molar-refractivity contribution in [3.8, 4) is 5.69 Å². The number of aliphatic hydroxyl groups is 1. The van der Waals surface area contributed by atoms with Crippen LogP contribution in [0.3, 0.4) is 0 Å². The van der Waals surface area contributed by atoms with Crippen molar-refractivity contribution >= 4 is 22.5 Å². The third-order valence-corrected chi connectivity index (χ3v) is 4.46. The highest BCUT2D eigenvalue weighted by Gasteiger charge is 2.21. The molecule has 1 aliphatic rings. The van der Waals surface area contributed by atoms with Crippen molar-refractivity contribution in [3.05, 3.63) is 58.4 Å². The molecule has 0 bridgehead atoms. The molecule has 4 N–H and O–H groups in total. The zero-order chi connectivity index (χ0) is 17.6. The lowest BCUT2D eigenvalue weighted by Crippen LogP contribution is -2.20. The van der Waals surface area contributed by atoms with Crippen molar-refractivity contribution in [2.75, 3.05) is 11.1 Å². The Morgan fingerprint density at radius 2 is 1.96 bits per heavy atom. The molecule has 2 aromatic heterocycles. The number of nitrogens with zero attached hydrogens (tertiary/aromatic N) is 2. The molecule has 1 aliphatic carbocycles. The molecule has 6 nitrogen and oxygen atoms in total. The molecule has 1 aromatic carbocycles. The number of benzene rings is 1. The van der Waals surface area contributed by atoms with Gasteiger partial charge in [-0.1, -0.05) is 12.1 Å². The predicted octanol–water partition coefficient (Wildman–Crippen LogP) is 2.60. The molecule has 3 aromatic rings. The van der Waals surface area contributed by atoms with Gasteiger partial charge in [0.05, 0.1) is 11.8 Å². The lowest BCUT2D eigenvalue weighted by atomic mass is 10.1. The Morgan fingerprint density at radius 1 is 1.24 bits per heavy atom. The van der Waals surface area contributed by atoms with Gasteiger partial charge in [-0.3, -0.25) is 9.36 Å². The number of nitrogen functional groups attached to an aromatic ring is 1. The van der Waals surface area contributed by atoms with Crippen LogP contribution >= 0.6 is 0 Å². The minimum absolute atomic E-state index is 0.231. The Balaban J connectivity index is 1.89. The number of hydrogen-bond donors (Lipinski definition) is 3. The van der Waals surface area contributed by atoms with Crippen LogP contribution in [0, 0.1) is 0 Å². The number of anilines is 2. The molecule has 1 atom stereocenters. The van der Waals surface area contributed by atoms with Gasteiger partial charge in [0.1, 0.15) is 5.82 Å². The van der Waals surface area contributed by atoms with E-state index in [1.165, 1.54) is 6.07 Å². The van der Waals surface area contributed by atoms with Gasteiger partial charge in [-0.15, -0.1) is 0 Å². The highest BCUT2D eigenvalue weighted by Crippen LogP contribution is 2.27. The molecule has 0 amide bonds. The zero-order valence-electron chi connectivity index (χ0n) is 13.9. The molecule has 0 saturated heterocycles. The fourth-order valence-electron chi connectivity index (χ4n) is 2.89. The summed E-state index contributed by atoms with van der Waals surface area (Å²) in [6, 6.07) is 12.9. The van der Waals surface area contributed by atoms with Crippen molar-refractivity contribution in [1.82, 2.24) is 9.55 Å².